The average Bonchev–Trinajstić information content (AvgIpc) is 3.19. The van der Waals surface area contributed by atoms with E-state index < -0.39 is 0 Å². The van der Waals surface area contributed by atoms with Crippen LogP contribution in [0.25, 0.3) is 11.3 Å². The maximum Gasteiger partial charge on any atom is 0.258 e. The van der Waals surface area contributed by atoms with Crippen molar-refractivity contribution in [2.45, 2.75) is 34.6 Å². The Balaban J connectivity index is 1.60. The number of amides is 1. The quantitative estimate of drug-likeness (QED) is 0.632. The van der Waals surface area contributed by atoms with Gasteiger partial charge in [-0.05, 0) is 80.6 Å². The van der Waals surface area contributed by atoms with E-state index in [1.54, 1.807) is 0 Å². The van der Waals surface area contributed by atoms with Gasteiger partial charge in [0, 0.05) is 16.5 Å². The summed E-state index contributed by atoms with van der Waals surface area (Å²) in [6.07, 6.45) is 0. The molecule has 0 saturated carbocycles. The van der Waals surface area contributed by atoms with Crippen LogP contribution in [0.15, 0.2) is 23.6 Å². The summed E-state index contributed by atoms with van der Waals surface area (Å²) in [6, 6.07) is 5.78. The second-order valence-electron chi connectivity index (χ2n) is 7.35. The molecule has 0 unspecified atom stereocenters. The van der Waals surface area contributed by atoms with Crippen LogP contribution < -0.4 is 14.8 Å². The SMILES string of the molecule is Cc1c(C)c(C)c(C(=O)Nc2nc(-c3ccc4c(c3)OCCO4)cs2)c(C)c1C. The van der Waals surface area contributed by atoms with Gasteiger partial charge in [-0.25, -0.2) is 4.98 Å². The Kier molecular flexibility index (Phi) is 5.04. The van der Waals surface area contributed by atoms with Crippen molar-refractivity contribution >= 4 is 22.4 Å². The molecule has 5 nitrogen and oxygen atoms in total. The van der Waals surface area contributed by atoms with E-state index >= 15 is 0 Å². The molecule has 1 aliphatic heterocycles. The summed E-state index contributed by atoms with van der Waals surface area (Å²) >= 11 is 1.41. The zero-order valence-corrected chi connectivity index (χ0v) is 18.1. The smallest absolute Gasteiger partial charge is 0.258 e. The third-order valence-electron chi connectivity index (χ3n) is 5.79. The second kappa shape index (κ2) is 7.52. The van der Waals surface area contributed by atoms with Gasteiger partial charge in [0.2, 0.25) is 0 Å². The van der Waals surface area contributed by atoms with Crippen LogP contribution in [0.1, 0.15) is 38.2 Å². The van der Waals surface area contributed by atoms with Gasteiger partial charge in [-0.2, -0.15) is 0 Å². The molecule has 29 heavy (non-hydrogen) atoms. The molecule has 1 aliphatic rings. The van der Waals surface area contributed by atoms with Crippen molar-refractivity contribution in [1.29, 1.82) is 0 Å². The highest BCUT2D eigenvalue weighted by atomic mass is 32.1. The fourth-order valence-electron chi connectivity index (χ4n) is 3.67. The number of benzene rings is 2. The highest BCUT2D eigenvalue weighted by molar-refractivity contribution is 7.14. The normalized spacial score (nSPS) is 12.7. The number of anilines is 1. The van der Waals surface area contributed by atoms with E-state index in [1.807, 2.05) is 37.4 Å². The molecule has 0 atom stereocenters. The van der Waals surface area contributed by atoms with Crippen molar-refractivity contribution < 1.29 is 14.3 Å². The molecule has 2 aromatic carbocycles. The number of hydrogen-bond donors (Lipinski definition) is 1. The number of carbonyl (C=O) groups is 1. The molecule has 2 heterocycles. The second-order valence-corrected chi connectivity index (χ2v) is 8.21. The predicted octanol–water partition coefficient (Wildman–Crippen LogP) is 5.38. The van der Waals surface area contributed by atoms with Crippen molar-refractivity contribution in [3.8, 4) is 22.8 Å². The summed E-state index contributed by atoms with van der Waals surface area (Å²) in [7, 11) is 0. The molecule has 6 heteroatoms. The molecular weight excluding hydrogens is 384 g/mol. The predicted molar refractivity (Wildman–Crippen MR) is 117 cm³/mol. The standard InChI is InChI=1S/C23H24N2O3S/c1-12-13(2)15(4)21(16(5)14(12)3)22(26)25-23-24-18(11-29-23)17-6-7-19-20(10-17)28-9-8-27-19/h6-7,10-11H,8-9H2,1-5H3,(H,24,25,26). The molecule has 1 amide bonds. The first-order valence-corrected chi connectivity index (χ1v) is 10.5. The van der Waals surface area contributed by atoms with Crippen LogP contribution in [0, 0.1) is 34.6 Å². The number of thiazole rings is 1. The van der Waals surface area contributed by atoms with Crippen LogP contribution in [0.2, 0.25) is 0 Å². The number of hydrogen-bond acceptors (Lipinski definition) is 5. The van der Waals surface area contributed by atoms with E-state index in [0.717, 1.165) is 50.6 Å². The van der Waals surface area contributed by atoms with E-state index in [-0.39, 0.29) is 5.91 Å². The zero-order chi connectivity index (χ0) is 20.7. The van der Waals surface area contributed by atoms with Gasteiger partial charge in [0.05, 0.1) is 5.69 Å². The van der Waals surface area contributed by atoms with Gasteiger partial charge >= 0.3 is 0 Å². The van der Waals surface area contributed by atoms with Crippen LogP contribution in [0.3, 0.4) is 0 Å². The highest BCUT2D eigenvalue weighted by Gasteiger charge is 2.20. The number of nitrogens with one attached hydrogen (secondary N) is 1. The Morgan fingerprint density at radius 1 is 0.931 bits per heavy atom. The molecule has 0 aliphatic carbocycles. The van der Waals surface area contributed by atoms with E-state index in [4.69, 9.17) is 9.47 Å². The van der Waals surface area contributed by atoms with Crippen LogP contribution in [-0.2, 0) is 0 Å². The molecule has 0 bridgehead atoms. The maximum atomic E-state index is 13.0. The lowest BCUT2D eigenvalue weighted by Crippen LogP contribution is -2.17. The van der Waals surface area contributed by atoms with Crippen LogP contribution in [-0.4, -0.2) is 24.1 Å². The molecule has 3 aromatic rings. The Bertz CT molecular complexity index is 1090. The van der Waals surface area contributed by atoms with E-state index in [1.165, 1.54) is 16.9 Å². The number of rotatable bonds is 3. The first kappa shape index (κ1) is 19.5. The molecule has 1 N–H and O–H groups in total. The number of carbonyl (C=O) groups excluding carboxylic acids is 1. The Morgan fingerprint density at radius 2 is 1.55 bits per heavy atom. The zero-order valence-electron chi connectivity index (χ0n) is 17.3. The van der Waals surface area contributed by atoms with Crippen molar-refractivity contribution in [3.05, 3.63) is 57.0 Å². The molecule has 0 radical (unpaired) electrons. The molecule has 0 spiro atoms. The van der Waals surface area contributed by atoms with E-state index in [2.05, 4.69) is 31.1 Å². The number of nitrogens with zero attached hydrogens (tertiary/aromatic N) is 1. The van der Waals surface area contributed by atoms with Crippen molar-refractivity contribution in [1.82, 2.24) is 4.98 Å². The third kappa shape index (κ3) is 3.49. The lowest BCUT2D eigenvalue weighted by molar-refractivity contribution is 0.102. The molecular formula is C23H24N2O3S. The Hall–Kier alpha value is -2.86. The van der Waals surface area contributed by atoms with Crippen LogP contribution in [0.5, 0.6) is 11.5 Å². The molecule has 1 aromatic heterocycles. The third-order valence-corrected chi connectivity index (χ3v) is 6.55. The lowest BCUT2D eigenvalue weighted by atomic mass is 9.89. The maximum absolute atomic E-state index is 13.0. The highest BCUT2D eigenvalue weighted by Crippen LogP contribution is 2.35. The summed E-state index contributed by atoms with van der Waals surface area (Å²) in [5.74, 6) is 1.36. The van der Waals surface area contributed by atoms with Gasteiger partial charge in [-0.15, -0.1) is 11.3 Å². The van der Waals surface area contributed by atoms with Crippen LogP contribution in [0.4, 0.5) is 5.13 Å². The molecule has 4 rings (SSSR count). The van der Waals surface area contributed by atoms with Crippen molar-refractivity contribution in [2.75, 3.05) is 18.5 Å². The summed E-state index contributed by atoms with van der Waals surface area (Å²) in [5.41, 5.74) is 8.07. The van der Waals surface area contributed by atoms with Crippen LogP contribution >= 0.6 is 11.3 Å². The number of fused-ring (bicyclic) bond motifs is 1. The lowest BCUT2D eigenvalue weighted by Gasteiger charge is -2.18. The van der Waals surface area contributed by atoms with E-state index in [0.29, 0.717) is 18.3 Å². The topological polar surface area (TPSA) is 60.5 Å². The van der Waals surface area contributed by atoms with Gasteiger partial charge < -0.3 is 9.47 Å². The average molecular weight is 409 g/mol. The molecule has 150 valence electrons. The summed E-state index contributed by atoms with van der Waals surface area (Å²) < 4.78 is 11.2. The first-order chi connectivity index (χ1) is 13.9. The minimum Gasteiger partial charge on any atom is -0.486 e. The fraction of sp³-hybridized carbons (Fsp3) is 0.304. The monoisotopic (exact) mass is 408 g/mol. The van der Waals surface area contributed by atoms with Crippen molar-refractivity contribution in [3.63, 3.8) is 0 Å². The van der Waals surface area contributed by atoms with Gasteiger partial charge in [-0.1, -0.05) is 0 Å². The summed E-state index contributed by atoms with van der Waals surface area (Å²) in [5, 5.41) is 5.49. The minimum absolute atomic E-state index is 0.116. The van der Waals surface area contributed by atoms with Gasteiger partial charge in [0.25, 0.3) is 5.91 Å². The Labute approximate surface area is 174 Å². The Morgan fingerprint density at radius 3 is 2.24 bits per heavy atom. The number of aromatic nitrogens is 1. The number of ether oxygens (including phenoxy) is 2. The summed E-state index contributed by atoms with van der Waals surface area (Å²) in [6.45, 7) is 11.4. The van der Waals surface area contributed by atoms with Gasteiger partial charge in [-0.3, -0.25) is 10.1 Å². The fourth-order valence-corrected chi connectivity index (χ4v) is 4.38. The first-order valence-electron chi connectivity index (χ1n) is 9.60. The van der Waals surface area contributed by atoms with Gasteiger partial charge in [0.15, 0.2) is 16.6 Å². The van der Waals surface area contributed by atoms with Gasteiger partial charge in [0.1, 0.15) is 13.2 Å². The largest absolute Gasteiger partial charge is 0.486 e. The minimum atomic E-state index is -0.116. The van der Waals surface area contributed by atoms with E-state index in [9.17, 15) is 4.79 Å². The van der Waals surface area contributed by atoms with Crippen molar-refractivity contribution in [2.24, 2.45) is 0 Å². The molecule has 0 fully saturated rings. The molecule has 0 saturated heterocycles. The summed E-state index contributed by atoms with van der Waals surface area (Å²) in [4.78, 5) is 17.6.